The van der Waals surface area contributed by atoms with E-state index in [4.69, 9.17) is 9.47 Å². The van der Waals surface area contributed by atoms with Crippen LogP contribution in [0.4, 0.5) is 27.6 Å². The number of nitrogens with one attached hydrogen (secondary N) is 1. The van der Waals surface area contributed by atoms with Crippen LogP contribution in [-0.4, -0.2) is 31.7 Å². The number of methoxy groups -OCH3 is 1. The number of halogens is 5. The predicted molar refractivity (Wildman–Crippen MR) is 63.8 cm³/mol. The third-order valence-corrected chi connectivity index (χ3v) is 2.36. The summed E-state index contributed by atoms with van der Waals surface area (Å²) in [4.78, 5) is 11.0. The highest BCUT2D eigenvalue weighted by Gasteiger charge is 2.63. The molecule has 4 nitrogen and oxygen atoms in total. The van der Waals surface area contributed by atoms with Crippen molar-refractivity contribution in [1.29, 1.82) is 0 Å². The van der Waals surface area contributed by atoms with Gasteiger partial charge in [0.25, 0.3) is 0 Å². The van der Waals surface area contributed by atoms with Crippen LogP contribution in [-0.2, 0) is 4.79 Å². The van der Waals surface area contributed by atoms with Gasteiger partial charge in [0.15, 0.2) is 11.5 Å². The van der Waals surface area contributed by atoms with Crippen LogP contribution in [0.25, 0.3) is 0 Å². The Morgan fingerprint density at radius 2 is 1.81 bits per heavy atom. The topological polar surface area (TPSA) is 47.6 Å². The Labute approximate surface area is 116 Å². The smallest absolute Gasteiger partial charge is 0.463 e. The summed E-state index contributed by atoms with van der Waals surface area (Å²) in [5.41, 5.74) is -0.274. The van der Waals surface area contributed by atoms with E-state index in [1.807, 2.05) is 0 Å². The maximum Gasteiger partial charge on any atom is 0.463 e. The summed E-state index contributed by atoms with van der Waals surface area (Å²) in [5, 5.41) is 1.49. The minimum Gasteiger partial charge on any atom is -0.493 e. The van der Waals surface area contributed by atoms with Gasteiger partial charge < -0.3 is 14.8 Å². The van der Waals surface area contributed by atoms with Gasteiger partial charge in [-0.15, -0.1) is 0 Å². The molecule has 0 atom stereocenters. The Morgan fingerprint density at radius 1 is 1.19 bits per heavy atom. The standard InChI is InChI=1S/C12H12F5NO3/c1-3-21-8-5-4-7(6-9(8)20-2)18-10(19)11(13,14)12(15,16)17/h4-6H,3H2,1-2H3,(H,18,19). The molecule has 0 bridgehead atoms. The van der Waals surface area contributed by atoms with E-state index in [9.17, 15) is 26.7 Å². The van der Waals surface area contributed by atoms with Gasteiger partial charge in [0, 0.05) is 11.8 Å². The first-order valence-electron chi connectivity index (χ1n) is 5.70. The predicted octanol–water partition coefficient (Wildman–Crippen LogP) is 3.23. The van der Waals surface area contributed by atoms with Crippen LogP contribution in [0.5, 0.6) is 11.5 Å². The Kier molecular flexibility index (Phi) is 4.97. The van der Waals surface area contributed by atoms with Crippen LogP contribution in [0.15, 0.2) is 18.2 Å². The molecule has 1 amide bonds. The second-order valence-corrected chi connectivity index (χ2v) is 3.82. The molecule has 0 heterocycles. The van der Waals surface area contributed by atoms with E-state index in [0.717, 1.165) is 12.1 Å². The van der Waals surface area contributed by atoms with Gasteiger partial charge in [-0.25, -0.2) is 0 Å². The van der Waals surface area contributed by atoms with Gasteiger partial charge in [0.1, 0.15) is 0 Å². The van der Waals surface area contributed by atoms with E-state index in [2.05, 4.69) is 0 Å². The van der Waals surface area contributed by atoms with Crippen LogP contribution >= 0.6 is 0 Å². The van der Waals surface area contributed by atoms with Crippen LogP contribution in [0, 0.1) is 0 Å². The van der Waals surface area contributed by atoms with E-state index in [1.165, 1.54) is 18.5 Å². The number of anilines is 1. The maximum atomic E-state index is 12.8. The minimum absolute atomic E-state index is 0.0879. The molecule has 118 valence electrons. The molecule has 0 aliphatic heterocycles. The summed E-state index contributed by atoms with van der Waals surface area (Å²) < 4.78 is 71.8. The molecule has 0 aliphatic rings. The number of rotatable bonds is 5. The van der Waals surface area contributed by atoms with Crippen molar-refractivity contribution in [3.63, 3.8) is 0 Å². The highest BCUT2D eigenvalue weighted by Crippen LogP contribution is 2.37. The number of hydrogen-bond acceptors (Lipinski definition) is 3. The average Bonchev–Trinajstić information content (AvgIpc) is 2.39. The summed E-state index contributed by atoms with van der Waals surface area (Å²) in [5.74, 6) is -7.61. The number of amides is 1. The molecule has 0 unspecified atom stereocenters. The van der Waals surface area contributed by atoms with Crippen molar-refractivity contribution < 1.29 is 36.2 Å². The van der Waals surface area contributed by atoms with Gasteiger partial charge in [-0.2, -0.15) is 22.0 Å². The highest BCUT2D eigenvalue weighted by atomic mass is 19.4. The first kappa shape index (κ1) is 17.0. The van der Waals surface area contributed by atoms with Crippen LogP contribution in [0.1, 0.15) is 6.92 Å². The molecule has 1 aromatic carbocycles. The van der Waals surface area contributed by atoms with Gasteiger partial charge >= 0.3 is 18.0 Å². The van der Waals surface area contributed by atoms with Crippen LogP contribution < -0.4 is 14.8 Å². The van der Waals surface area contributed by atoms with Crippen molar-refractivity contribution >= 4 is 11.6 Å². The van der Waals surface area contributed by atoms with Crippen LogP contribution in [0.3, 0.4) is 0 Å². The lowest BCUT2D eigenvalue weighted by Gasteiger charge is -2.19. The fourth-order valence-electron chi connectivity index (χ4n) is 1.36. The molecule has 0 aliphatic carbocycles. The zero-order chi connectivity index (χ0) is 16.3. The molecule has 0 saturated carbocycles. The number of ether oxygens (including phenoxy) is 2. The molecule has 0 spiro atoms. The molecule has 9 heteroatoms. The summed E-state index contributed by atoms with van der Waals surface area (Å²) in [6.07, 6.45) is -5.97. The number of hydrogen-bond donors (Lipinski definition) is 1. The molecular weight excluding hydrogens is 301 g/mol. The molecular formula is C12H12F5NO3. The molecule has 1 N–H and O–H groups in total. The summed E-state index contributed by atoms with van der Waals surface area (Å²) >= 11 is 0. The minimum atomic E-state index is -5.97. The molecule has 1 rings (SSSR count). The fourth-order valence-corrected chi connectivity index (χ4v) is 1.36. The molecule has 0 radical (unpaired) electrons. The number of carbonyl (C=O) groups excluding carboxylic acids is 1. The Hall–Kier alpha value is -2.06. The quantitative estimate of drug-likeness (QED) is 0.849. The highest BCUT2D eigenvalue weighted by molar-refractivity contribution is 5.96. The second-order valence-electron chi connectivity index (χ2n) is 3.82. The van der Waals surface area contributed by atoms with Crippen molar-refractivity contribution in [3.05, 3.63) is 18.2 Å². The van der Waals surface area contributed by atoms with Gasteiger partial charge in [0.2, 0.25) is 0 Å². The third-order valence-electron chi connectivity index (χ3n) is 2.36. The van der Waals surface area contributed by atoms with Gasteiger partial charge in [-0.3, -0.25) is 4.79 Å². The van der Waals surface area contributed by atoms with Crippen molar-refractivity contribution in [2.45, 2.75) is 19.0 Å². The summed E-state index contributed by atoms with van der Waals surface area (Å²) in [7, 11) is 1.26. The van der Waals surface area contributed by atoms with E-state index in [0.29, 0.717) is 6.61 Å². The third kappa shape index (κ3) is 3.73. The van der Waals surface area contributed by atoms with Crippen molar-refractivity contribution in [3.8, 4) is 11.5 Å². The fraction of sp³-hybridized carbons (Fsp3) is 0.417. The zero-order valence-electron chi connectivity index (χ0n) is 11.1. The van der Waals surface area contributed by atoms with Crippen molar-refractivity contribution in [2.75, 3.05) is 19.0 Å². The average molecular weight is 313 g/mol. The van der Waals surface area contributed by atoms with E-state index < -0.39 is 18.0 Å². The molecule has 0 saturated heterocycles. The second kappa shape index (κ2) is 6.15. The Balaban J connectivity index is 2.96. The number of alkyl halides is 5. The molecule has 0 fully saturated rings. The van der Waals surface area contributed by atoms with E-state index in [-0.39, 0.29) is 17.2 Å². The van der Waals surface area contributed by atoms with Crippen molar-refractivity contribution in [1.82, 2.24) is 0 Å². The first-order chi connectivity index (χ1) is 9.63. The van der Waals surface area contributed by atoms with Gasteiger partial charge in [-0.05, 0) is 19.1 Å². The molecule has 1 aromatic rings. The summed E-state index contributed by atoms with van der Waals surface area (Å²) in [6, 6.07) is 3.48. The number of carbonyl (C=O) groups is 1. The van der Waals surface area contributed by atoms with Crippen LogP contribution in [0.2, 0.25) is 0 Å². The lowest BCUT2D eigenvalue weighted by molar-refractivity contribution is -0.267. The first-order valence-corrected chi connectivity index (χ1v) is 5.70. The van der Waals surface area contributed by atoms with E-state index in [1.54, 1.807) is 6.92 Å². The Morgan fingerprint density at radius 3 is 2.29 bits per heavy atom. The normalized spacial score (nSPS) is 12.0. The van der Waals surface area contributed by atoms with Gasteiger partial charge in [-0.1, -0.05) is 0 Å². The van der Waals surface area contributed by atoms with E-state index >= 15 is 0 Å². The lowest BCUT2D eigenvalue weighted by atomic mass is 10.2. The molecule has 0 aromatic heterocycles. The monoisotopic (exact) mass is 313 g/mol. The SMILES string of the molecule is CCOc1ccc(NC(=O)C(F)(F)C(F)(F)F)cc1OC. The largest absolute Gasteiger partial charge is 0.493 e. The maximum absolute atomic E-state index is 12.8. The Bertz CT molecular complexity index is 516. The van der Waals surface area contributed by atoms with Gasteiger partial charge in [0.05, 0.1) is 13.7 Å². The van der Waals surface area contributed by atoms with Crippen molar-refractivity contribution in [2.24, 2.45) is 0 Å². The lowest BCUT2D eigenvalue weighted by Crippen LogP contribution is -2.47. The summed E-state index contributed by atoms with van der Waals surface area (Å²) in [6.45, 7) is 1.99. The number of benzene rings is 1. The zero-order valence-corrected chi connectivity index (χ0v) is 11.1. The molecule has 21 heavy (non-hydrogen) atoms.